The molecule has 7 heteroatoms. The van der Waals surface area contributed by atoms with Crippen LogP contribution in [0.5, 0.6) is 0 Å². The third kappa shape index (κ3) is 4.10. The van der Waals surface area contributed by atoms with Gasteiger partial charge in [-0.15, -0.1) is 0 Å². The first kappa shape index (κ1) is 21.3. The quantitative estimate of drug-likeness (QED) is 0.729. The summed E-state index contributed by atoms with van der Waals surface area (Å²) in [4.78, 5) is 18.0. The van der Waals surface area contributed by atoms with E-state index in [2.05, 4.69) is 15.1 Å². The van der Waals surface area contributed by atoms with Gasteiger partial charge in [0.25, 0.3) is 0 Å². The van der Waals surface area contributed by atoms with E-state index < -0.39 is 17.7 Å². The van der Waals surface area contributed by atoms with E-state index in [1.807, 2.05) is 30.3 Å². The Balaban J connectivity index is 1.46. The molecule has 0 unspecified atom stereocenters. The van der Waals surface area contributed by atoms with Gasteiger partial charge in [0.2, 0.25) is 5.91 Å². The molecule has 4 nitrogen and oxygen atoms in total. The third-order valence-electron chi connectivity index (χ3n) is 7.29. The molecule has 0 radical (unpaired) electrons. The van der Waals surface area contributed by atoms with Crippen molar-refractivity contribution in [2.24, 2.45) is 5.92 Å². The predicted octanol–water partition coefficient (Wildman–Crippen LogP) is 4.95. The van der Waals surface area contributed by atoms with E-state index in [-0.39, 0.29) is 11.9 Å². The number of alkyl halides is 3. The SMILES string of the molecule is O=C(Nc1ccccc1)[C@@H]1Cc2cc(C(F)(F)F)ccc2N2CCN(C3CCCC3)C[C@@H]12. The van der Waals surface area contributed by atoms with Crippen molar-refractivity contribution in [1.29, 1.82) is 0 Å². The number of amides is 1. The number of carbonyl (C=O) groups is 1. The first-order valence-electron chi connectivity index (χ1n) is 11.5. The Morgan fingerprint density at radius 3 is 2.47 bits per heavy atom. The Hall–Kier alpha value is -2.54. The molecular weight excluding hydrogens is 415 g/mol. The highest BCUT2D eigenvalue weighted by molar-refractivity contribution is 5.94. The minimum Gasteiger partial charge on any atom is -0.365 e. The summed E-state index contributed by atoms with van der Waals surface area (Å²) in [6, 6.07) is 13.8. The Morgan fingerprint density at radius 1 is 1.00 bits per heavy atom. The van der Waals surface area contributed by atoms with Gasteiger partial charge in [0.05, 0.1) is 17.5 Å². The molecule has 1 saturated carbocycles. The van der Waals surface area contributed by atoms with Gasteiger partial charge in [-0.2, -0.15) is 13.2 Å². The fourth-order valence-electron chi connectivity index (χ4n) is 5.68. The maximum absolute atomic E-state index is 13.4. The van der Waals surface area contributed by atoms with Crippen molar-refractivity contribution in [2.75, 3.05) is 29.9 Å². The molecule has 2 heterocycles. The number of nitrogens with zero attached hydrogens (tertiary/aromatic N) is 2. The fourth-order valence-corrected chi connectivity index (χ4v) is 5.68. The lowest BCUT2D eigenvalue weighted by molar-refractivity contribution is -0.137. The Morgan fingerprint density at radius 2 is 1.75 bits per heavy atom. The Kier molecular flexibility index (Phi) is 5.61. The number of hydrogen-bond donors (Lipinski definition) is 1. The fraction of sp³-hybridized carbons (Fsp3) is 0.480. The molecule has 0 bridgehead atoms. The van der Waals surface area contributed by atoms with Crippen molar-refractivity contribution in [3.8, 4) is 0 Å². The van der Waals surface area contributed by atoms with Gasteiger partial charge in [0.1, 0.15) is 0 Å². The first-order valence-corrected chi connectivity index (χ1v) is 11.5. The zero-order valence-corrected chi connectivity index (χ0v) is 17.9. The van der Waals surface area contributed by atoms with Crippen LogP contribution in [0.3, 0.4) is 0 Å². The third-order valence-corrected chi connectivity index (χ3v) is 7.29. The van der Waals surface area contributed by atoms with Crippen LogP contribution in [-0.4, -0.2) is 42.5 Å². The number of benzene rings is 2. The monoisotopic (exact) mass is 443 g/mol. The molecule has 1 amide bonds. The van der Waals surface area contributed by atoms with Gasteiger partial charge in [-0.25, -0.2) is 0 Å². The topological polar surface area (TPSA) is 35.6 Å². The summed E-state index contributed by atoms with van der Waals surface area (Å²) in [5, 5.41) is 3.00. The molecule has 0 spiro atoms. The van der Waals surface area contributed by atoms with Crippen LogP contribution in [0.25, 0.3) is 0 Å². The number of fused-ring (bicyclic) bond motifs is 3. The van der Waals surface area contributed by atoms with Crippen LogP contribution in [0.15, 0.2) is 48.5 Å². The average molecular weight is 444 g/mol. The normalized spacial score (nSPS) is 24.2. The van der Waals surface area contributed by atoms with E-state index in [0.717, 1.165) is 25.3 Å². The lowest BCUT2D eigenvalue weighted by Crippen LogP contribution is -2.61. The summed E-state index contributed by atoms with van der Waals surface area (Å²) < 4.78 is 40.1. The maximum atomic E-state index is 13.4. The van der Waals surface area contributed by atoms with Gasteiger partial charge in [-0.05, 0) is 55.2 Å². The molecular formula is C25H28F3N3O. The Bertz CT molecular complexity index is 972. The number of halogens is 3. The van der Waals surface area contributed by atoms with Crippen LogP contribution < -0.4 is 10.2 Å². The smallest absolute Gasteiger partial charge is 0.365 e. The maximum Gasteiger partial charge on any atom is 0.416 e. The molecule has 2 aromatic rings. The van der Waals surface area contributed by atoms with Gasteiger partial charge in [-0.1, -0.05) is 31.0 Å². The zero-order chi connectivity index (χ0) is 22.3. The van der Waals surface area contributed by atoms with Crippen molar-refractivity contribution in [3.05, 3.63) is 59.7 Å². The molecule has 5 rings (SSSR count). The minimum atomic E-state index is -4.39. The van der Waals surface area contributed by atoms with Gasteiger partial charge in [0.15, 0.2) is 0 Å². The highest BCUT2D eigenvalue weighted by atomic mass is 19.4. The molecule has 32 heavy (non-hydrogen) atoms. The van der Waals surface area contributed by atoms with E-state index in [9.17, 15) is 18.0 Å². The summed E-state index contributed by atoms with van der Waals surface area (Å²) >= 11 is 0. The van der Waals surface area contributed by atoms with Gasteiger partial charge >= 0.3 is 6.18 Å². The highest BCUT2D eigenvalue weighted by Gasteiger charge is 2.44. The lowest BCUT2D eigenvalue weighted by atomic mass is 9.82. The highest BCUT2D eigenvalue weighted by Crippen LogP contribution is 2.40. The largest absolute Gasteiger partial charge is 0.416 e. The molecule has 2 aliphatic heterocycles. The molecule has 170 valence electrons. The minimum absolute atomic E-state index is 0.0442. The molecule has 1 saturated heterocycles. The second kappa shape index (κ2) is 8.43. The number of piperazine rings is 1. The summed E-state index contributed by atoms with van der Waals surface area (Å²) in [7, 11) is 0. The molecule has 1 N–H and O–H groups in total. The number of carbonyl (C=O) groups excluding carboxylic acids is 1. The lowest BCUT2D eigenvalue weighted by Gasteiger charge is -2.50. The second-order valence-corrected chi connectivity index (χ2v) is 9.20. The Labute approximate surface area is 186 Å². The van der Waals surface area contributed by atoms with E-state index in [1.54, 1.807) is 6.07 Å². The van der Waals surface area contributed by atoms with E-state index in [1.165, 1.54) is 37.8 Å². The second-order valence-electron chi connectivity index (χ2n) is 9.20. The van der Waals surface area contributed by atoms with Crippen molar-refractivity contribution in [3.63, 3.8) is 0 Å². The van der Waals surface area contributed by atoms with Gasteiger partial charge < -0.3 is 10.2 Å². The molecule has 2 atom stereocenters. The molecule has 2 fully saturated rings. The summed E-state index contributed by atoms with van der Waals surface area (Å²) in [5.41, 5.74) is 1.51. The molecule has 1 aliphatic carbocycles. The van der Waals surface area contributed by atoms with Crippen molar-refractivity contribution in [1.82, 2.24) is 4.90 Å². The standard InChI is InChI=1S/C25H28F3N3O/c26-25(27,28)18-10-11-22-17(14-18)15-21(24(32)29-19-6-2-1-3-7-19)23-16-30(12-13-31(22)23)20-8-4-5-9-20/h1-3,6-7,10-11,14,20-21,23H,4-5,8-9,12-13,15-16H2,(H,29,32)/t21-,23+/m1/s1. The first-order chi connectivity index (χ1) is 15.4. The van der Waals surface area contributed by atoms with Crippen molar-refractivity contribution < 1.29 is 18.0 Å². The summed E-state index contributed by atoms with van der Waals surface area (Å²) in [6.45, 7) is 2.39. The number of para-hydroxylation sites is 1. The average Bonchev–Trinajstić information content (AvgIpc) is 3.33. The summed E-state index contributed by atoms with van der Waals surface area (Å²) in [6.07, 6.45) is 0.803. The van der Waals surface area contributed by atoms with E-state index in [4.69, 9.17) is 0 Å². The predicted molar refractivity (Wildman–Crippen MR) is 119 cm³/mol. The van der Waals surface area contributed by atoms with Crippen LogP contribution >= 0.6 is 0 Å². The van der Waals surface area contributed by atoms with Crippen LogP contribution in [0, 0.1) is 5.92 Å². The van der Waals surface area contributed by atoms with Gasteiger partial charge in [0, 0.05) is 37.1 Å². The van der Waals surface area contributed by atoms with E-state index >= 15 is 0 Å². The number of rotatable bonds is 3. The van der Waals surface area contributed by atoms with Crippen molar-refractivity contribution in [2.45, 2.75) is 50.4 Å². The van der Waals surface area contributed by atoms with Gasteiger partial charge in [-0.3, -0.25) is 9.69 Å². The molecule has 0 aromatic heterocycles. The van der Waals surface area contributed by atoms with Crippen LogP contribution in [0.2, 0.25) is 0 Å². The number of nitrogens with one attached hydrogen (secondary N) is 1. The zero-order valence-electron chi connectivity index (χ0n) is 17.9. The van der Waals surface area contributed by atoms with Crippen LogP contribution in [0.4, 0.5) is 24.5 Å². The van der Waals surface area contributed by atoms with Crippen molar-refractivity contribution >= 4 is 17.3 Å². The molecule has 2 aromatic carbocycles. The summed E-state index contributed by atoms with van der Waals surface area (Å²) in [5.74, 6) is -0.530. The number of hydrogen-bond acceptors (Lipinski definition) is 3. The van der Waals surface area contributed by atoms with Crippen LogP contribution in [0.1, 0.15) is 36.8 Å². The molecule has 3 aliphatic rings. The van der Waals surface area contributed by atoms with E-state index in [0.29, 0.717) is 23.7 Å². The van der Waals surface area contributed by atoms with Crippen LogP contribution in [-0.2, 0) is 17.4 Å². The number of anilines is 2.